The molecule has 1 rings (SSSR count). The van der Waals surface area contributed by atoms with Crippen LogP contribution >= 0.6 is 11.8 Å². The fraction of sp³-hybridized carbons (Fsp3) is 0.545. The molecule has 1 heterocycles. The average molecular weight is 229 g/mol. The van der Waals surface area contributed by atoms with Gasteiger partial charge in [-0.15, -0.1) is 0 Å². The van der Waals surface area contributed by atoms with E-state index in [2.05, 4.69) is 25.8 Å². The van der Waals surface area contributed by atoms with Gasteiger partial charge in [0.05, 0.1) is 12.3 Å². The lowest BCUT2D eigenvalue weighted by Gasteiger charge is -2.20. The molecule has 1 aromatic heterocycles. The highest BCUT2D eigenvalue weighted by molar-refractivity contribution is 8.00. The molecule has 2 nitrogen and oxygen atoms in total. The first-order valence-corrected chi connectivity index (χ1v) is 5.80. The smallest absolute Gasteiger partial charge is 0.147 e. The summed E-state index contributed by atoms with van der Waals surface area (Å²) in [5.41, 5.74) is 0.321. The highest BCUT2D eigenvalue weighted by Gasteiger charge is 2.17. The summed E-state index contributed by atoms with van der Waals surface area (Å²) in [4.78, 5) is 3.64. The average Bonchev–Trinajstić information content (AvgIpc) is 2.14. The van der Waals surface area contributed by atoms with Crippen LogP contribution in [0.4, 0.5) is 4.39 Å². The first-order chi connectivity index (χ1) is 6.90. The number of nitrogens with zero attached hydrogens (tertiary/aromatic N) is 1. The molecule has 1 atom stereocenters. The number of pyridine rings is 1. The number of aliphatic hydroxyl groups is 1. The first-order valence-electron chi connectivity index (χ1n) is 4.81. The number of thioether (sulfide) groups is 1. The molecule has 4 heteroatoms. The third-order valence-corrected chi connectivity index (χ3v) is 3.19. The Balaban J connectivity index is 2.62. The van der Waals surface area contributed by atoms with E-state index in [1.54, 1.807) is 11.8 Å². The zero-order valence-electron chi connectivity index (χ0n) is 9.20. The molecule has 1 unspecified atom stereocenters. The first kappa shape index (κ1) is 12.5. The van der Waals surface area contributed by atoms with Crippen LogP contribution in [0.25, 0.3) is 0 Å². The summed E-state index contributed by atoms with van der Waals surface area (Å²) in [5.74, 6) is 0.0456. The van der Waals surface area contributed by atoms with E-state index in [1.807, 2.05) is 0 Å². The topological polar surface area (TPSA) is 33.1 Å². The monoisotopic (exact) mass is 229 g/mol. The normalized spacial score (nSPS) is 13.9. The Morgan fingerprint density at radius 1 is 1.53 bits per heavy atom. The highest BCUT2D eigenvalue weighted by atomic mass is 32.2. The van der Waals surface area contributed by atoms with Crippen molar-refractivity contribution in [1.82, 2.24) is 4.98 Å². The highest BCUT2D eigenvalue weighted by Crippen LogP contribution is 2.28. The summed E-state index contributed by atoms with van der Waals surface area (Å²) in [6.07, 6.45) is 1.85. The van der Waals surface area contributed by atoms with Crippen LogP contribution in [0.5, 0.6) is 0 Å². The minimum Gasteiger partial charge on any atom is -0.387 e. The van der Waals surface area contributed by atoms with Crippen LogP contribution in [-0.2, 0) is 0 Å². The molecule has 0 radical (unpaired) electrons. The predicted molar refractivity (Wildman–Crippen MR) is 61.4 cm³/mol. The maximum absolute atomic E-state index is 13.2. The largest absolute Gasteiger partial charge is 0.387 e. The van der Waals surface area contributed by atoms with E-state index in [1.165, 1.54) is 12.3 Å². The van der Waals surface area contributed by atoms with Crippen LogP contribution in [0.1, 0.15) is 32.4 Å². The van der Waals surface area contributed by atoms with E-state index in [0.717, 1.165) is 6.20 Å². The Bertz CT molecular complexity index is 325. The van der Waals surface area contributed by atoms with Gasteiger partial charge in [-0.25, -0.2) is 4.39 Å². The molecule has 1 N–H and O–H groups in total. The molecule has 0 saturated carbocycles. The summed E-state index contributed by atoms with van der Waals surface area (Å²) in [5, 5.41) is 9.78. The van der Waals surface area contributed by atoms with Gasteiger partial charge in [0.25, 0.3) is 0 Å². The van der Waals surface area contributed by atoms with Gasteiger partial charge >= 0.3 is 0 Å². The molecule has 0 bridgehead atoms. The molecular weight excluding hydrogens is 213 g/mol. The number of halogens is 1. The van der Waals surface area contributed by atoms with Crippen molar-refractivity contribution < 1.29 is 9.50 Å². The van der Waals surface area contributed by atoms with Crippen LogP contribution in [-0.4, -0.2) is 20.6 Å². The van der Waals surface area contributed by atoms with E-state index in [-0.39, 0.29) is 4.75 Å². The van der Waals surface area contributed by atoms with Crippen molar-refractivity contribution in [3.63, 3.8) is 0 Å². The van der Waals surface area contributed by atoms with E-state index < -0.39 is 11.9 Å². The molecule has 15 heavy (non-hydrogen) atoms. The van der Waals surface area contributed by atoms with Crippen molar-refractivity contribution in [2.24, 2.45) is 0 Å². The molecule has 0 aliphatic carbocycles. The maximum Gasteiger partial charge on any atom is 0.147 e. The van der Waals surface area contributed by atoms with Crippen molar-refractivity contribution in [2.75, 3.05) is 5.75 Å². The molecule has 0 saturated heterocycles. The van der Waals surface area contributed by atoms with E-state index >= 15 is 0 Å². The molecule has 0 fully saturated rings. The summed E-state index contributed by atoms with van der Waals surface area (Å²) in [7, 11) is 0. The van der Waals surface area contributed by atoms with Gasteiger partial charge in [-0.05, 0) is 6.07 Å². The fourth-order valence-electron chi connectivity index (χ4n) is 1.07. The Hall–Kier alpha value is -0.610. The summed E-state index contributed by atoms with van der Waals surface area (Å²) >= 11 is 1.61. The number of hydrogen-bond donors (Lipinski definition) is 1. The number of rotatable bonds is 3. The van der Waals surface area contributed by atoms with E-state index in [9.17, 15) is 9.50 Å². The zero-order chi connectivity index (χ0) is 11.5. The second kappa shape index (κ2) is 4.94. The lowest BCUT2D eigenvalue weighted by molar-refractivity contribution is 0.198. The minimum absolute atomic E-state index is 0.0739. The molecule has 0 aromatic carbocycles. The summed E-state index contributed by atoms with van der Waals surface area (Å²) < 4.78 is 13.3. The van der Waals surface area contributed by atoms with Gasteiger partial charge in [0.1, 0.15) is 5.82 Å². The standard InChI is InChI=1S/C11H16FNOS/c1-11(2,3)15-7-10(14)8-4-5-13-6-9(8)12/h4-6,10,14H,7H2,1-3H3. The van der Waals surface area contributed by atoms with Crippen molar-refractivity contribution >= 4 is 11.8 Å². The second-order valence-corrected chi connectivity index (χ2v) is 6.18. The molecule has 0 spiro atoms. The van der Waals surface area contributed by atoms with Gasteiger partial charge in [-0.2, -0.15) is 11.8 Å². The van der Waals surface area contributed by atoms with Crippen molar-refractivity contribution in [2.45, 2.75) is 31.6 Å². The van der Waals surface area contributed by atoms with Crippen LogP contribution in [0.3, 0.4) is 0 Å². The Morgan fingerprint density at radius 3 is 2.73 bits per heavy atom. The second-order valence-electron chi connectivity index (χ2n) is 4.34. The van der Waals surface area contributed by atoms with Crippen molar-refractivity contribution in [3.8, 4) is 0 Å². The molecule has 0 amide bonds. The molecular formula is C11H16FNOS. The number of hydrogen-bond acceptors (Lipinski definition) is 3. The van der Waals surface area contributed by atoms with Crippen molar-refractivity contribution in [3.05, 3.63) is 29.8 Å². The third kappa shape index (κ3) is 4.18. The van der Waals surface area contributed by atoms with Crippen LogP contribution in [0.2, 0.25) is 0 Å². The van der Waals surface area contributed by atoms with E-state index in [0.29, 0.717) is 11.3 Å². The quantitative estimate of drug-likeness (QED) is 0.865. The molecule has 0 aliphatic heterocycles. The van der Waals surface area contributed by atoms with Crippen LogP contribution < -0.4 is 0 Å². The van der Waals surface area contributed by atoms with Gasteiger partial charge in [-0.1, -0.05) is 20.8 Å². The van der Waals surface area contributed by atoms with Gasteiger partial charge in [0.2, 0.25) is 0 Å². The molecule has 1 aromatic rings. The molecule has 0 aliphatic rings. The molecule has 84 valence electrons. The SMILES string of the molecule is CC(C)(C)SCC(O)c1ccncc1F. The van der Waals surface area contributed by atoms with Crippen LogP contribution in [0.15, 0.2) is 18.5 Å². The number of aromatic nitrogens is 1. The number of aliphatic hydroxyl groups excluding tert-OH is 1. The van der Waals surface area contributed by atoms with Gasteiger partial charge < -0.3 is 5.11 Å². The lowest BCUT2D eigenvalue weighted by Crippen LogP contribution is -2.12. The Kier molecular flexibility index (Phi) is 4.11. The van der Waals surface area contributed by atoms with E-state index in [4.69, 9.17) is 0 Å². The van der Waals surface area contributed by atoms with Crippen molar-refractivity contribution in [1.29, 1.82) is 0 Å². The predicted octanol–water partition coefficient (Wildman–Crippen LogP) is 2.79. The van der Waals surface area contributed by atoms with Gasteiger partial charge in [0.15, 0.2) is 0 Å². The fourth-order valence-corrected chi connectivity index (χ4v) is 1.91. The Morgan fingerprint density at radius 2 is 2.20 bits per heavy atom. The van der Waals surface area contributed by atoms with Gasteiger partial charge in [-0.3, -0.25) is 4.98 Å². The maximum atomic E-state index is 13.2. The summed E-state index contributed by atoms with van der Waals surface area (Å²) in [6.45, 7) is 6.19. The van der Waals surface area contributed by atoms with Gasteiger partial charge in [0, 0.05) is 22.3 Å². The zero-order valence-corrected chi connectivity index (χ0v) is 10.0. The third-order valence-electron chi connectivity index (χ3n) is 1.84. The minimum atomic E-state index is -0.766. The van der Waals surface area contributed by atoms with Crippen LogP contribution in [0, 0.1) is 5.82 Å². The lowest BCUT2D eigenvalue weighted by atomic mass is 10.2. The summed E-state index contributed by atoms with van der Waals surface area (Å²) in [6, 6.07) is 1.52. The Labute approximate surface area is 93.9 Å².